The first kappa shape index (κ1) is 15.0. The standard InChI is InChI=1S/C17H20N2O2/c1-2-3-6-12-18-19-17(20)13-21-16-11-7-9-14-8-4-5-10-15(14)16/h4-5,7-12H,2-3,6,13H2,1H3,(H,19,20)/b18-12-. The molecule has 2 rings (SSSR count). The molecule has 21 heavy (non-hydrogen) atoms. The molecule has 1 N–H and O–H groups in total. The molecule has 4 heteroatoms. The van der Waals surface area contributed by atoms with E-state index in [-0.39, 0.29) is 12.5 Å². The fourth-order valence-electron chi connectivity index (χ4n) is 1.97. The Kier molecular flexibility index (Phi) is 5.76. The van der Waals surface area contributed by atoms with Gasteiger partial charge in [-0.15, -0.1) is 0 Å². The molecule has 0 saturated heterocycles. The number of fused-ring (bicyclic) bond motifs is 1. The number of carbonyl (C=O) groups is 1. The van der Waals surface area contributed by atoms with Crippen LogP contribution in [0.4, 0.5) is 0 Å². The number of benzene rings is 2. The van der Waals surface area contributed by atoms with Gasteiger partial charge in [-0.1, -0.05) is 49.7 Å². The van der Waals surface area contributed by atoms with Crippen LogP contribution in [0.1, 0.15) is 26.2 Å². The summed E-state index contributed by atoms with van der Waals surface area (Å²) in [5.74, 6) is 0.453. The normalized spacial score (nSPS) is 10.9. The highest BCUT2D eigenvalue weighted by atomic mass is 16.5. The molecule has 4 nitrogen and oxygen atoms in total. The van der Waals surface area contributed by atoms with Crippen molar-refractivity contribution >= 4 is 22.9 Å². The lowest BCUT2D eigenvalue weighted by Gasteiger charge is -2.08. The van der Waals surface area contributed by atoms with E-state index in [4.69, 9.17) is 4.74 Å². The number of carbonyl (C=O) groups excluding carboxylic acids is 1. The molecule has 0 unspecified atom stereocenters. The lowest BCUT2D eigenvalue weighted by atomic mass is 10.1. The largest absolute Gasteiger partial charge is 0.483 e. The molecular weight excluding hydrogens is 264 g/mol. The quantitative estimate of drug-likeness (QED) is 0.480. The molecule has 0 fully saturated rings. The Morgan fingerprint density at radius 2 is 2.05 bits per heavy atom. The van der Waals surface area contributed by atoms with E-state index in [1.165, 1.54) is 0 Å². The van der Waals surface area contributed by atoms with Gasteiger partial charge >= 0.3 is 0 Å². The van der Waals surface area contributed by atoms with Crippen LogP contribution in [0.3, 0.4) is 0 Å². The van der Waals surface area contributed by atoms with Crippen LogP contribution in [0, 0.1) is 0 Å². The second kappa shape index (κ2) is 8.04. The molecule has 1 amide bonds. The minimum Gasteiger partial charge on any atom is -0.483 e. The van der Waals surface area contributed by atoms with Crippen LogP contribution in [0.25, 0.3) is 10.8 Å². The number of amides is 1. The molecule has 0 aromatic heterocycles. The minimum atomic E-state index is -0.254. The lowest BCUT2D eigenvalue weighted by Crippen LogP contribution is -2.24. The summed E-state index contributed by atoms with van der Waals surface area (Å²) in [6, 6.07) is 13.7. The van der Waals surface area contributed by atoms with Crippen molar-refractivity contribution in [2.24, 2.45) is 5.10 Å². The summed E-state index contributed by atoms with van der Waals surface area (Å²) in [6.07, 6.45) is 4.79. The molecule has 0 aliphatic heterocycles. The third-order valence-electron chi connectivity index (χ3n) is 3.08. The lowest BCUT2D eigenvalue weighted by molar-refractivity contribution is -0.123. The number of nitrogens with one attached hydrogen (secondary N) is 1. The average molecular weight is 284 g/mol. The highest BCUT2D eigenvalue weighted by molar-refractivity contribution is 5.88. The minimum absolute atomic E-state index is 0.0425. The first-order valence-electron chi connectivity index (χ1n) is 7.22. The van der Waals surface area contributed by atoms with Gasteiger partial charge in [0.2, 0.25) is 0 Å². The third kappa shape index (κ3) is 4.60. The van der Waals surface area contributed by atoms with E-state index >= 15 is 0 Å². The molecule has 0 aliphatic rings. The Morgan fingerprint density at radius 1 is 1.24 bits per heavy atom. The Balaban J connectivity index is 1.87. The Labute approximate surface area is 124 Å². The van der Waals surface area contributed by atoms with Crippen LogP contribution in [0.2, 0.25) is 0 Å². The molecule has 0 bridgehead atoms. The van der Waals surface area contributed by atoms with Gasteiger partial charge in [0, 0.05) is 11.6 Å². The van der Waals surface area contributed by atoms with Crippen molar-refractivity contribution in [2.75, 3.05) is 6.61 Å². The molecule has 0 radical (unpaired) electrons. The zero-order valence-electron chi connectivity index (χ0n) is 12.2. The predicted octanol–water partition coefficient (Wildman–Crippen LogP) is 3.51. The van der Waals surface area contributed by atoms with Gasteiger partial charge in [-0.05, 0) is 24.3 Å². The SMILES string of the molecule is CCCC/C=N\NC(=O)COc1cccc2ccccc12. The summed E-state index contributed by atoms with van der Waals surface area (Å²) in [5.41, 5.74) is 2.47. The van der Waals surface area contributed by atoms with Crippen molar-refractivity contribution in [1.29, 1.82) is 0 Å². The molecular formula is C17H20N2O2. The van der Waals surface area contributed by atoms with E-state index in [1.54, 1.807) is 6.21 Å². The maximum absolute atomic E-state index is 11.6. The van der Waals surface area contributed by atoms with Crippen LogP contribution in [0.5, 0.6) is 5.75 Å². The van der Waals surface area contributed by atoms with Gasteiger partial charge in [0.25, 0.3) is 5.91 Å². The first-order valence-corrected chi connectivity index (χ1v) is 7.22. The van der Waals surface area contributed by atoms with E-state index in [0.717, 1.165) is 30.0 Å². The van der Waals surface area contributed by atoms with Crippen LogP contribution in [-0.2, 0) is 4.79 Å². The smallest absolute Gasteiger partial charge is 0.277 e. The summed E-state index contributed by atoms with van der Waals surface area (Å²) in [5, 5.41) is 5.97. The molecule has 0 aliphatic carbocycles. The van der Waals surface area contributed by atoms with Crippen LogP contribution >= 0.6 is 0 Å². The molecule has 0 heterocycles. The van der Waals surface area contributed by atoms with Gasteiger partial charge in [0.05, 0.1) is 0 Å². The highest BCUT2D eigenvalue weighted by Crippen LogP contribution is 2.24. The Hall–Kier alpha value is -2.36. The predicted molar refractivity (Wildman–Crippen MR) is 85.6 cm³/mol. The van der Waals surface area contributed by atoms with Gasteiger partial charge in [-0.3, -0.25) is 4.79 Å². The summed E-state index contributed by atoms with van der Waals surface area (Å²) in [7, 11) is 0. The second-order valence-corrected chi connectivity index (χ2v) is 4.75. The molecule has 2 aromatic carbocycles. The molecule has 0 spiro atoms. The molecule has 110 valence electrons. The third-order valence-corrected chi connectivity index (χ3v) is 3.08. The zero-order chi connectivity index (χ0) is 14.9. The van der Waals surface area contributed by atoms with E-state index in [1.807, 2.05) is 42.5 Å². The summed E-state index contributed by atoms with van der Waals surface area (Å²) in [4.78, 5) is 11.6. The Morgan fingerprint density at radius 3 is 2.90 bits per heavy atom. The van der Waals surface area contributed by atoms with Crippen molar-refractivity contribution in [3.05, 3.63) is 42.5 Å². The first-order chi connectivity index (χ1) is 10.3. The Bertz CT molecular complexity index is 618. The average Bonchev–Trinajstić information content (AvgIpc) is 2.52. The monoisotopic (exact) mass is 284 g/mol. The zero-order valence-corrected chi connectivity index (χ0v) is 12.2. The topological polar surface area (TPSA) is 50.7 Å². The van der Waals surface area contributed by atoms with Crippen molar-refractivity contribution in [1.82, 2.24) is 5.43 Å². The fraction of sp³-hybridized carbons (Fsp3) is 0.294. The van der Waals surface area contributed by atoms with Crippen molar-refractivity contribution in [2.45, 2.75) is 26.2 Å². The molecule has 0 atom stereocenters. The number of hydrogen-bond donors (Lipinski definition) is 1. The number of ether oxygens (including phenoxy) is 1. The van der Waals surface area contributed by atoms with Gasteiger partial charge in [-0.25, -0.2) is 5.43 Å². The van der Waals surface area contributed by atoms with Gasteiger partial charge < -0.3 is 4.74 Å². The highest BCUT2D eigenvalue weighted by Gasteiger charge is 2.04. The van der Waals surface area contributed by atoms with Crippen molar-refractivity contribution in [3.8, 4) is 5.75 Å². The number of unbranched alkanes of at least 4 members (excludes halogenated alkanes) is 2. The van der Waals surface area contributed by atoms with E-state index in [2.05, 4.69) is 17.5 Å². The summed E-state index contributed by atoms with van der Waals surface area (Å²) in [6.45, 7) is 2.07. The number of hydrogen-bond acceptors (Lipinski definition) is 3. The second-order valence-electron chi connectivity index (χ2n) is 4.75. The number of nitrogens with zero attached hydrogens (tertiary/aromatic N) is 1. The van der Waals surface area contributed by atoms with E-state index < -0.39 is 0 Å². The molecule has 0 saturated carbocycles. The van der Waals surface area contributed by atoms with Crippen LogP contribution in [0.15, 0.2) is 47.6 Å². The number of hydrazone groups is 1. The number of rotatable bonds is 7. The maximum atomic E-state index is 11.6. The summed E-state index contributed by atoms with van der Waals surface area (Å²) < 4.78 is 5.57. The van der Waals surface area contributed by atoms with E-state index in [0.29, 0.717) is 5.75 Å². The molecule has 2 aromatic rings. The van der Waals surface area contributed by atoms with Gasteiger partial charge in [0.15, 0.2) is 6.61 Å². The van der Waals surface area contributed by atoms with E-state index in [9.17, 15) is 4.79 Å². The van der Waals surface area contributed by atoms with Crippen molar-refractivity contribution < 1.29 is 9.53 Å². The van der Waals surface area contributed by atoms with Crippen LogP contribution < -0.4 is 10.2 Å². The maximum Gasteiger partial charge on any atom is 0.277 e. The van der Waals surface area contributed by atoms with Gasteiger partial charge in [0.1, 0.15) is 5.75 Å². The van der Waals surface area contributed by atoms with Crippen LogP contribution in [-0.4, -0.2) is 18.7 Å². The fourth-order valence-corrected chi connectivity index (χ4v) is 1.97. The summed E-state index contributed by atoms with van der Waals surface area (Å²) >= 11 is 0. The van der Waals surface area contributed by atoms with Crippen molar-refractivity contribution in [3.63, 3.8) is 0 Å². The van der Waals surface area contributed by atoms with Gasteiger partial charge in [-0.2, -0.15) is 5.10 Å².